The van der Waals surface area contributed by atoms with E-state index >= 15 is 0 Å². The Morgan fingerprint density at radius 3 is 2.47 bits per heavy atom. The zero-order valence-electron chi connectivity index (χ0n) is 11.9. The van der Waals surface area contributed by atoms with Crippen molar-refractivity contribution in [2.24, 2.45) is 5.84 Å². The molecule has 0 saturated carbocycles. The number of hydrogen-bond acceptors (Lipinski definition) is 3. The van der Waals surface area contributed by atoms with Gasteiger partial charge in [0.2, 0.25) is 0 Å². The summed E-state index contributed by atoms with van der Waals surface area (Å²) in [6.45, 7) is 6.23. The molecule has 104 valence electrons. The maximum atomic E-state index is 12.7. The number of hydrazine groups is 1. The second-order valence-corrected chi connectivity index (χ2v) is 5.52. The Kier molecular flexibility index (Phi) is 4.10. The third-order valence-electron chi connectivity index (χ3n) is 4.05. The second-order valence-electron chi connectivity index (χ2n) is 5.52. The number of anilines is 1. The standard InChI is InChI=1S/C15H23N3O/c1-10-9-13(17-16)7-8-14(10)15(19)18-11(2)5-4-6-12(18)3/h7-9,11-12,17H,4-6,16H2,1-3H3. The number of piperidine rings is 1. The molecule has 2 rings (SSSR count). The number of carbonyl (C=O) groups is 1. The molecule has 4 heteroatoms. The van der Waals surface area contributed by atoms with Crippen LogP contribution in [-0.4, -0.2) is 22.9 Å². The van der Waals surface area contributed by atoms with Crippen LogP contribution < -0.4 is 11.3 Å². The van der Waals surface area contributed by atoms with Crippen molar-refractivity contribution in [2.45, 2.75) is 52.1 Å². The molecule has 1 aliphatic rings. The lowest BCUT2D eigenvalue weighted by Gasteiger charge is -2.39. The number of amides is 1. The van der Waals surface area contributed by atoms with Gasteiger partial charge in [0.15, 0.2) is 0 Å². The van der Waals surface area contributed by atoms with E-state index in [-0.39, 0.29) is 5.91 Å². The van der Waals surface area contributed by atoms with Crippen molar-refractivity contribution in [3.8, 4) is 0 Å². The summed E-state index contributed by atoms with van der Waals surface area (Å²) in [7, 11) is 0. The third-order valence-corrected chi connectivity index (χ3v) is 4.05. The van der Waals surface area contributed by atoms with Crippen LogP contribution in [0.2, 0.25) is 0 Å². The number of benzene rings is 1. The molecule has 1 fully saturated rings. The van der Waals surface area contributed by atoms with Crippen LogP contribution in [0.1, 0.15) is 49.0 Å². The number of aryl methyl sites for hydroxylation is 1. The molecule has 0 bridgehead atoms. The van der Waals surface area contributed by atoms with Crippen LogP contribution in [0.4, 0.5) is 5.69 Å². The molecule has 1 aliphatic heterocycles. The molecule has 19 heavy (non-hydrogen) atoms. The van der Waals surface area contributed by atoms with E-state index in [1.807, 2.05) is 30.0 Å². The van der Waals surface area contributed by atoms with E-state index < -0.39 is 0 Å². The van der Waals surface area contributed by atoms with E-state index in [1.54, 1.807) is 0 Å². The van der Waals surface area contributed by atoms with Gasteiger partial charge in [0.1, 0.15) is 0 Å². The minimum absolute atomic E-state index is 0.140. The summed E-state index contributed by atoms with van der Waals surface area (Å²) in [6.07, 6.45) is 3.40. The molecule has 1 aromatic rings. The first-order chi connectivity index (χ1) is 9.04. The summed E-state index contributed by atoms with van der Waals surface area (Å²) in [4.78, 5) is 14.7. The first-order valence-electron chi connectivity index (χ1n) is 6.94. The average molecular weight is 261 g/mol. The van der Waals surface area contributed by atoms with Crippen LogP contribution >= 0.6 is 0 Å². The van der Waals surface area contributed by atoms with Gasteiger partial charge < -0.3 is 10.3 Å². The number of likely N-dealkylation sites (tertiary alicyclic amines) is 1. The lowest BCUT2D eigenvalue weighted by atomic mass is 9.95. The number of nitrogens with one attached hydrogen (secondary N) is 1. The molecule has 0 aliphatic carbocycles. The van der Waals surface area contributed by atoms with Crippen molar-refractivity contribution in [2.75, 3.05) is 5.43 Å². The third kappa shape index (κ3) is 2.73. The predicted molar refractivity (Wildman–Crippen MR) is 77.9 cm³/mol. The van der Waals surface area contributed by atoms with Crippen LogP contribution in [0.25, 0.3) is 0 Å². The Hall–Kier alpha value is -1.55. The van der Waals surface area contributed by atoms with Crippen LogP contribution in [-0.2, 0) is 0 Å². The van der Waals surface area contributed by atoms with Gasteiger partial charge in [0.05, 0.1) is 0 Å². The SMILES string of the molecule is Cc1cc(NN)ccc1C(=O)N1C(C)CCCC1C. The van der Waals surface area contributed by atoms with Crippen molar-refractivity contribution in [1.29, 1.82) is 0 Å². The van der Waals surface area contributed by atoms with Gasteiger partial charge in [-0.15, -0.1) is 0 Å². The number of carbonyl (C=O) groups excluding carboxylic acids is 1. The highest BCUT2D eigenvalue weighted by Gasteiger charge is 2.30. The Morgan fingerprint density at radius 2 is 1.95 bits per heavy atom. The maximum absolute atomic E-state index is 12.7. The monoisotopic (exact) mass is 261 g/mol. The summed E-state index contributed by atoms with van der Waals surface area (Å²) in [5, 5.41) is 0. The molecular weight excluding hydrogens is 238 g/mol. The minimum Gasteiger partial charge on any atom is -0.333 e. The lowest BCUT2D eigenvalue weighted by Crippen LogP contribution is -2.47. The maximum Gasteiger partial charge on any atom is 0.254 e. The lowest BCUT2D eigenvalue weighted by molar-refractivity contribution is 0.0510. The van der Waals surface area contributed by atoms with E-state index in [9.17, 15) is 4.79 Å². The van der Waals surface area contributed by atoms with Crippen molar-refractivity contribution in [1.82, 2.24) is 4.90 Å². The van der Waals surface area contributed by atoms with Gasteiger partial charge in [-0.1, -0.05) is 0 Å². The van der Waals surface area contributed by atoms with Crippen LogP contribution in [0, 0.1) is 6.92 Å². The summed E-state index contributed by atoms with van der Waals surface area (Å²) < 4.78 is 0. The highest BCUT2D eigenvalue weighted by Crippen LogP contribution is 2.26. The Labute approximate surface area is 114 Å². The van der Waals surface area contributed by atoms with E-state index in [0.29, 0.717) is 12.1 Å². The first kappa shape index (κ1) is 13.9. The molecule has 1 saturated heterocycles. The summed E-state index contributed by atoms with van der Waals surface area (Å²) in [5.74, 6) is 5.53. The molecule has 3 N–H and O–H groups in total. The quantitative estimate of drug-likeness (QED) is 0.635. The summed E-state index contributed by atoms with van der Waals surface area (Å²) >= 11 is 0. The molecule has 4 nitrogen and oxygen atoms in total. The molecule has 1 amide bonds. The highest BCUT2D eigenvalue weighted by molar-refractivity contribution is 5.96. The van der Waals surface area contributed by atoms with Crippen molar-refractivity contribution in [3.05, 3.63) is 29.3 Å². The molecule has 1 heterocycles. The van der Waals surface area contributed by atoms with Gasteiger partial charge in [-0.3, -0.25) is 10.6 Å². The fourth-order valence-corrected chi connectivity index (χ4v) is 2.95. The minimum atomic E-state index is 0.140. The zero-order chi connectivity index (χ0) is 14.0. The van der Waals surface area contributed by atoms with E-state index in [4.69, 9.17) is 5.84 Å². The van der Waals surface area contributed by atoms with Crippen LogP contribution in [0.3, 0.4) is 0 Å². The summed E-state index contributed by atoms with van der Waals surface area (Å²) in [6, 6.07) is 6.26. The van der Waals surface area contributed by atoms with Gasteiger partial charge >= 0.3 is 0 Å². The number of nitrogen functional groups attached to an aromatic ring is 1. The normalized spacial score (nSPS) is 23.3. The van der Waals surface area contributed by atoms with Gasteiger partial charge in [-0.25, -0.2) is 0 Å². The largest absolute Gasteiger partial charge is 0.333 e. The predicted octanol–water partition coefficient (Wildman–Crippen LogP) is 2.68. The Morgan fingerprint density at radius 1 is 1.32 bits per heavy atom. The molecular formula is C15H23N3O. The Balaban J connectivity index is 2.28. The number of hydrogen-bond donors (Lipinski definition) is 2. The number of nitrogens with zero attached hydrogens (tertiary/aromatic N) is 1. The van der Waals surface area contributed by atoms with Gasteiger partial charge in [0, 0.05) is 23.3 Å². The smallest absolute Gasteiger partial charge is 0.254 e. The molecule has 0 spiro atoms. The summed E-state index contributed by atoms with van der Waals surface area (Å²) in [5.41, 5.74) is 5.17. The number of rotatable bonds is 2. The fourth-order valence-electron chi connectivity index (χ4n) is 2.95. The first-order valence-corrected chi connectivity index (χ1v) is 6.94. The van der Waals surface area contributed by atoms with Crippen molar-refractivity contribution >= 4 is 11.6 Å². The zero-order valence-corrected chi connectivity index (χ0v) is 11.9. The fraction of sp³-hybridized carbons (Fsp3) is 0.533. The Bertz CT molecular complexity index is 462. The number of nitrogens with two attached hydrogens (primary N) is 1. The van der Waals surface area contributed by atoms with Gasteiger partial charge in [-0.2, -0.15) is 0 Å². The van der Waals surface area contributed by atoms with E-state index in [2.05, 4.69) is 19.3 Å². The van der Waals surface area contributed by atoms with Crippen LogP contribution in [0.15, 0.2) is 18.2 Å². The van der Waals surface area contributed by atoms with Crippen LogP contribution in [0.5, 0.6) is 0 Å². The molecule has 0 aromatic heterocycles. The van der Waals surface area contributed by atoms with Crippen molar-refractivity contribution in [3.63, 3.8) is 0 Å². The van der Waals surface area contributed by atoms with Gasteiger partial charge in [-0.05, 0) is 63.8 Å². The molecule has 0 radical (unpaired) electrons. The van der Waals surface area contributed by atoms with Gasteiger partial charge in [0.25, 0.3) is 5.91 Å². The molecule has 2 atom stereocenters. The molecule has 2 unspecified atom stereocenters. The van der Waals surface area contributed by atoms with Crippen molar-refractivity contribution < 1.29 is 4.79 Å². The van der Waals surface area contributed by atoms with E-state index in [1.165, 1.54) is 6.42 Å². The highest BCUT2D eigenvalue weighted by atomic mass is 16.2. The average Bonchev–Trinajstić information content (AvgIpc) is 2.38. The second kappa shape index (κ2) is 5.61. The van der Waals surface area contributed by atoms with E-state index in [0.717, 1.165) is 29.7 Å². The topological polar surface area (TPSA) is 58.4 Å². The molecule has 1 aromatic carbocycles.